The highest BCUT2D eigenvalue weighted by atomic mass is 16.7. The van der Waals surface area contributed by atoms with Gasteiger partial charge in [-0.25, -0.2) is 0 Å². The predicted molar refractivity (Wildman–Crippen MR) is 127 cm³/mol. The van der Waals surface area contributed by atoms with Crippen LogP contribution in [0, 0.1) is 22.7 Å². The maximum atomic E-state index is 10.5. The van der Waals surface area contributed by atoms with Crippen molar-refractivity contribution in [1.29, 1.82) is 0 Å². The van der Waals surface area contributed by atoms with Gasteiger partial charge in [0.25, 0.3) is 0 Å². The molecule has 0 aromatic rings. The Balaban J connectivity index is 1.83. The van der Waals surface area contributed by atoms with Gasteiger partial charge in [0.05, 0.1) is 26.4 Å². The average molecular weight is 485 g/mol. The van der Waals surface area contributed by atoms with E-state index >= 15 is 0 Å². The van der Waals surface area contributed by atoms with Crippen LogP contribution < -0.4 is 0 Å². The highest BCUT2D eigenvalue weighted by molar-refractivity contribution is 5.23. The molecule has 3 rings (SSSR count). The third-order valence-electron chi connectivity index (χ3n) is 9.22. The molecule has 0 unspecified atom stereocenters. The molecule has 0 spiro atoms. The minimum Gasteiger partial charge on any atom is -0.394 e. The molecule has 1 saturated carbocycles. The normalized spacial score (nSPS) is 43.4. The first kappa shape index (κ1) is 27.7. The van der Waals surface area contributed by atoms with Crippen molar-refractivity contribution in [2.24, 2.45) is 22.7 Å². The molecule has 1 aliphatic heterocycles. The minimum atomic E-state index is -1.46. The summed E-state index contributed by atoms with van der Waals surface area (Å²) >= 11 is 0. The summed E-state index contributed by atoms with van der Waals surface area (Å²) in [6.07, 6.45) is 3.10. The molecule has 0 radical (unpaired) electrons. The maximum Gasteiger partial charge on any atom is 0.186 e. The van der Waals surface area contributed by atoms with Gasteiger partial charge in [-0.1, -0.05) is 31.6 Å². The van der Waals surface area contributed by atoms with Crippen LogP contribution in [0.5, 0.6) is 0 Å². The summed E-state index contributed by atoms with van der Waals surface area (Å²) in [5.74, 6) is 0.783. The topological polar surface area (TPSA) is 140 Å². The first-order valence-corrected chi connectivity index (χ1v) is 12.6. The van der Waals surface area contributed by atoms with Gasteiger partial charge in [0.15, 0.2) is 6.29 Å². The van der Waals surface area contributed by atoms with E-state index in [1.165, 1.54) is 5.57 Å². The van der Waals surface area contributed by atoms with Crippen LogP contribution in [-0.4, -0.2) is 87.8 Å². The number of allylic oxidation sites excluding steroid dienone is 1. The minimum absolute atomic E-state index is 0.0176. The molecule has 0 aromatic heterocycles. The number of fused-ring (bicyclic) bond motifs is 1. The summed E-state index contributed by atoms with van der Waals surface area (Å²) in [5, 5.41) is 59.2. The van der Waals surface area contributed by atoms with Crippen molar-refractivity contribution >= 4 is 0 Å². The van der Waals surface area contributed by atoms with Gasteiger partial charge in [-0.3, -0.25) is 0 Å². The van der Waals surface area contributed by atoms with Gasteiger partial charge in [0.1, 0.15) is 24.4 Å². The Kier molecular flexibility index (Phi) is 9.36. The zero-order chi connectivity index (χ0) is 25.1. The Hall–Kier alpha value is -0.840. The van der Waals surface area contributed by atoms with Crippen molar-refractivity contribution < 1.29 is 40.1 Å². The summed E-state index contributed by atoms with van der Waals surface area (Å²) in [7, 11) is 0. The van der Waals surface area contributed by atoms with E-state index in [4.69, 9.17) is 9.47 Å². The van der Waals surface area contributed by atoms with Gasteiger partial charge in [-0.05, 0) is 68.3 Å². The van der Waals surface area contributed by atoms with Gasteiger partial charge in [0, 0.05) is 5.41 Å². The Morgan fingerprint density at radius 1 is 1.15 bits per heavy atom. The van der Waals surface area contributed by atoms with Crippen molar-refractivity contribution in [1.82, 2.24) is 0 Å². The van der Waals surface area contributed by atoms with Gasteiger partial charge in [-0.2, -0.15) is 0 Å². The molecule has 0 amide bonds. The van der Waals surface area contributed by atoms with E-state index in [-0.39, 0.29) is 24.0 Å². The number of rotatable bonds is 9. The van der Waals surface area contributed by atoms with Crippen molar-refractivity contribution in [2.75, 3.05) is 26.4 Å². The highest BCUT2D eigenvalue weighted by Gasteiger charge is 2.56. The lowest BCUT2D eigenvalue weighted by Gasteiger charge is -2.59. The first-order chi connectivity index (χ1) is 16.1. The highest BCUT2D eigenvalue weighted by Crippen LogP contribution is 2.62. The van der Waals surface area contributed by atoms with Crippen LogP contribution in [0.1, 0.15) is 59.3 Å². The van der Waals surface area contributed by atoms with E-state index in [0.717, 1.165) is 44.1 Å². The third kappa shape index (κ3) is 5.15. The summed E-state index contributed by atoms with van der Waals surface area (Å²) in [6, 6.07) is 0. The molecular weight excluding hydrogens is 440 g/mol. The molecule has 8 heteroatoms. The molecule has 0 aromatic carbocycles. The van der Waals surface area contributed by atoms with Crippen molar-refractivity contribution in [3.8, 4) is 0 Å². The zero-order valence-corrected chi connectivity index (χ0v) is 20.8. The Morgan fingerprint density at radius 2 is 1.88 bits per heavy atom. The van der Waals surface area contributed by atoms with Crippen molar-refractivity contribution in [3.05, 3.63) is 23.3 Å². The second-order valence-electron chi connectivity index (χ2n) is 10.8. The fourth-order valence-corrected chi connectivity index (χ4v) is 6.65. The maximum absolute atomic E-state index is 10.5. The number of ether oxygens (including phenoxy) is 2. The summed E-state index contributed by atoms with van der Waals surface area (Å²) in [4.78, 5) is 0. The van der Waals surface area contributed by atoms with E-state index in [2.05, 4.69) is 26.8 Å². The second kappa shape index (κ2) is 11.5. The molecule has 2 aliphatic carbocycles. The molecule has 1 saturated heterocycles. The van der Waals surface area contributed by atoms with Crippen LogP contribution in [0.3, 0.4) is 0 Å². The zero-order valence-electron chi connectivity index (χ0n) is 20.8. The Labute approximate surface area is 202 Å². The molecule has 3 aliphatic rings. The lowest BCUT2D eigenvalue weighted by molar-refractivity contribution is -0.308. The van der Waals surface area contributed by atoms with Crippen molar-refractivity contribution in [2.45, 2.75) is 90.0 Å². The third-order valence-corrected chi connectivity index (χ3v) is 9.22. The monoisotopic (exact) mass is 484 g/mol. The molecule has 9 atom stereocenters. The molecule has 2 fully saturated rings. The molecule has 34 heavy (non-hydrogen) atoms. The molecule has 0 bridgehead atoms. The Morgan fingerprint density at radius 3 is 2.53 bits per heavy atom. The fourth-order valence-electron chi connectivity index (χ4n) is 6.65. The Bertz CT molecular complexity index is 736. The lowest BCUT2D eigenvalue weighted by atomic mass is 9.46. The fraction of sp³-hybridized carbons (Fsp3) is 0.846. The van der Waals surface area contributed by atoms with Gasteiger partial charge in [-0.15, -0.1) is 0 Å². The smallest absolute Gasteiger partial charge is 0.186 e. The molecule has 196 valence electrons. The largest absolute Gasteiger partial charge is 0.394 e. The summed E-state index contributed by atoms with van der Waals surface area (Å²) in [6.45, 7) is 6.46. The van der Waals surface area contributed by atoms with Gasteiger partial charge < -0.3 is 40.1 Å². The van der Waals surface area contributed by atoms with Crippen LogP contribution in [0.4, 0.5) is 0 Å². The van der Waals surface area contributed by atoms with E-state index < -0.39 is 37.3 Å². The first-order valence-electron chi connectivity index (χ1n) is 12.6. The second-order valence-corrected chi connectivity index (χ2v) is 10.8. The van der Waals surface area contributed by atoms with Crippen LogP contribution in [0.25, 0.3) is 0 Å². The summed E-state index contributed by atoms with van der Waals surface area (Å²) < 4.78 is 11.8. The predicted octanol–water partition coefficient (Wildman–Crippen LogP) is 1.27. The number of hydrogen-bond donors (Lipinski definition) is 6. The molecular formula is C26H44O8. The van der Waals surface area contributed by atoms with Crippen LogP contribution >= 0.6 is 0 Å². The molecule has 6 N–H and O–H groups in total. The SMILES string of the molecule is CC1=CCC[C@H]2[C@@]1(CO[C@H]1O[C@@H](CO)[C@H](O)[C@@H](O)[C@@H]1O)CC[C@@H](C)[C@]2(C)CC/C(=C/CO)CO. The molecule has 1 heterocycles. The lowest BCUT2D eigenvalue weighted by Crippen LogP contribution is -2.60. The molecule has 8 nitrogen and oxygen atoms in total. The van der Waals surface area contributed by atoms with E-state index in [9.17, 15) is 30.6 Å². The number of aliphatic hydroxyl groups excluding tert-OH is 6. The van der Waals surface area contributed by atoms with Crippen molar-refractivity contribution in [3.63, 3.8) is 0 Å². The van der Waals surface area contributed by atoms with E-state index in [0.29, 0.717) is 18.4 Å². The van der Waals surface area contributed by atoms with Crippen LogP contribution in [0.15, 0.2) is 23.3 Å². The number of hydrogen-bond acceptors (Lipinski definition) is 8. The number of aliphatic hydroxyl groups is 6. The van der Waals surface area contributed by atoms with E-state index in [1.807, 2.05) is 0 Å². The van der Waals surface area contributed by atoms with Crippen LogP contribution in [0.2, 0.25) is 0 Å². The van der Waals surface area contributed by atoms with E-state index in [1.54, 1.807) is 6.08 Å². The van der Waals surface area contributed by atoms with Crippen LogP contribution in [-0.2, 0) is 9.47 Å². The standard InChI is InChI=1S/C26H44O8/c1-16-7-11-26(15-33-24-23(32)22(31)21(30)19(14-29)34-24)17(2)5-4-6-20(26)25(16,3)10-8-18(13-28)9-12-27/h5,9,16,19-24,27-32H,4,6-8,10-15H2,1-3H3/b18-9-/t16-,19+,20-,21+,22-,23+,24+,25+,26-/m1/s1. The summed E-state index contributed by atoms with van der Waals surface area (Å²) in [5.41, 5.74) is 1.85. The average Bonchev–Trinajstić information content (AvgIpc) is 2.83. The quantitative estimate of drug-likeness (QED) is 0.269. The van der Waals surface area contributed by atoms with Gasteiger partial charge >= 0.3 is 0 Å². The van der Waals surface area contributed by atoms with Gasteiger partial charge in [0.2, 0.25) is 0 Å².